The van der Waals surface area contributed by atoms with Crippen molar-refractivity contribution in [3.8, 4) is 5.75 Å². The van der Waals surface area contributed by atoms with E-state index in [1.165, 1.54) is 18.2 Å². The van der Waals surface area contributed by atoms with E-state index in [1.807, 2.05) is 6.07 Å². The number of carbonyl (C=O) groups excluding carboxylic acids is 2. The Morgan fingerprint density at radius 3 is 2.78 bits per heavy atom. The van der Waals surface area contributed by atoms with Crippen LogP contribution in [0.5, 0.6) is 5.75 Å². The molecule has 7 heteroatoms. The van der Waals surface area contributed by atoms with Crippen LogP contribution in [0.25, 0.3) is 6.08 Å². The van der Waals surface area contributed by atoms with Crippen LogP contribution < -0.4 is 4.74 Å². The molecular formula is C20H15BrFNO3S. The lowest BCUT2D eigenvalue weighted by Crippen LogP contribution is -2.27. The summed E-state index contributed by atoms with van der Waals surface area (Å²) in [5, 5.41) is -0.330. The second-order valence-corrected chi connectivity index (χ2v) is 7.59. The zero-order chi connectivity index (χ0) is 19.4. The van der Waals surface area contributed by atoms with E-state index >= 15 is 0 Å². The standard InChI is InChI=1S/C20H15BrFNO3S/c1-2-8-23-19(24)18(27-20(23)25)11-14-10-15(21)6-7-17(14)26-12-13-4-3-5-16(22)9-13/h2-7,9-11H,1,8,12H2/b18-11+. The average molecular weight is 448 g/mol. The first-order valence-corrected chi connectivity index (χ1v) is 9.62. The predicted octanol–water partition coefficient (Wildman–Crippen LogP) is 5.39. The van der Waals surface area contributed by atoms with E-state index in [-0.39, 0.29) is 30.1 Å². The number of imide groups is 1. The van der Waals surface area contributed by atoms with Crippen molar-refractivity contribution in [1.82, 2.24) is 4.90 Å². The minimum absolute atomic E-state index is 0.170. The second kappa shape index (κ2) is 8.54. The number of nitrogens with zero attached hydrogens (tertiary/aromatic N) is 1. The summed E-state index contributed by atoms with van der Waals surface area (Å²) in [7, 11) is 0. The SMILES string of the molecule is C=CCN1C(=O)S/C(=C/c2cc(Br)ccc2OCc2cccc(F)c2)C1=O. The molecule has 1 saturated heterocycles. The number of benzene rings is 2. The number of rotatable bonds is 6. The van der Waals surface area contributed by atoms with E-state index < -0.39 is 0 Å². The lowest BCUT2D eigenvalue weighted by Gasteiger charge is -2.11. The molecule has 1 aliphatic rings. The van der Waals surface area contributed by atoms with Gasteiger partial charge in [0.05, 0.1) is 4.91 Å². The van der Waals surface area contributed by atoms with Crippen molar-refractivity contribution in [2.24, 2.45) is 0 Å². The number of hydrogen-bond acceptors (Lipinski definition) is 4. The highest BCUT2D eigenvalue weighted by Gasteiger charge is 2.34. The lowest BCUT2D eigenvalue weighted by molar-refractivity contribution is -0.122. The Morgan fingerprint density at radius 1 is 1.22 bits per heavy atom. The molecule has 0 saturated carbocycles. The molecule has 1 fully saturated rings. The molecule has 2 aromatic rings. The Labute approximate surface area is 168 Å². The quantitative estimate of drug-likeness (QED) is 0.439. The van der Waals surface area contributed by atoms with Gasteiger partial charge in [-0.25, -0.2) is 4.39 Å². The Morgan fingerprint density at radius 2 is 2.04 bits per heavy atom. The molecule has 0 spiro atoms. The number of halogens is 2. The monoisotopic (exact) mass is 447 g/mol. The van der Waals surface area contributed by atoms with Gasteiger partial charge in [-0.2, -0.15) is 0 Å². The number of thioether (sulfide) groups is 1. The molecule has 0 radical (unpaired) electrons. The highest BCUT2D eigenvalue weighted by atomic mass is 79.9. The minimum Gasteiger partial charge on any atom is -0.488 e. The summed E-state index contributed by atoms with van der Waals surface area (Å²) >= 11 is 4.28. The number of amides is 2. The third kappa shape index (κ3) is 4.67. The number of hydrogen-bond donors (Lipinski definition) is 0. The lowest BCUT2D eigenvalue weighted by atomic mass is 10.1. The average Bonchev–Trinajstić information content (AvgIpc) is 2.89. The molecule has 4 nitrogen and oxygen atoms in total. The molecule has 138 valence electrons. The topological polar surface area (TPSA) is 46.6 Å². The molecule has 0 unspecified atom stereocenters. The van der Waals surface area contributed by atoms with Crippen molar-refractivity contribution in [1.29, 1.82) is 0 Å². The van der Waals surface area contributed by atoms with Crippen molar-refractivity contribution in [3.05, 3.63) is 81.4 Å². The van der Waals surface area contributed by atoms with Gasteiger partial charge in [-0.05, 0) is 53.7 Å². The summed E-state index contributed by atoms with van der Waals surface area (Å²) in [6.07, 6.45) is 3.13. The molecule has 0 atom stereocenters. The van der Waals surface area contributed by atoms with E-state index in [9.17, 15) is 14.0 Å². The number of carbonyl (C=O) groups is 2. The second-order valence-electron chi connectivity index (χ2n) is 5.68. The molecular weight excluding hydrogens is 433 g/mol. The summed E-state index contributed by atoms with van der Waals surface area (Å²) in [6, 6.07) is 11.5. The zero-order valence-electron chi connectivity index (χ0n) is 14.2. The fourth-order valence-electron chi connectivity index (χ4n) is 2.48. The summed E-state index contributed by atoms with van der Waals surface area (Å²) in [4.78, 5) is 25.8. The van der Waals surface area contributed by atoms with Gasteiger partial charge in [-0.3, -0.25) is 14.5 Å². The normalized spacial score (nSPS) is 15.5. The smallest absolute Gasteiger partial charge is 0.293 e. The van der Waals surface area contributed by atoms with E-state index in [0.717, 1.165) is 21.1 Å². The van der Waals surface area contributed by atoms with Gasteiger partial charge in [0.25, 0.3) is 11.1 Å². The highest BCUT2D eigenvalue weighted by Crippen LogP contribution is 2.35. The van der Waals surface area contributed by atoms with E-state index in [1.54, 1.807) is 30.3 Å². The summed E-state index contributed by atoms with van der Waals surface area (Å²) in [5.41, 5.74) is 1.33. The van der Waals surface area contributed by atoms with Gasteiger partial charge in [-0.15, -0.1) is 6.58 Å². The first-order valence-electron chi connectivity index (χ1n) is 8.01. The zero-order valence-corrected chi connectivity index (χ0v) is 16.6. The first-order chi connectivity index (χ1) is 13.0. The van der Waals surface area contributed by atoms with Gasteiger partial charge in [0.1, 0.15) is 18.2 Å². The minimum atomic E-state index is -0.360. The molecule has 27 heavy (non-hydrogen) atoms. The maximum atomic E-state index is 13.3. The van der Waals surface area contributed by atoms with Crippen molar-refractivity contribution in [2.75, 3.05) is 6.54 Å². The summed E-state index contributed by atoms with van der Waals surface area (Å²) in [6.45, 7) is 3.91. The van der Waals surface area contributed by atoms with Gasteiger partial charge in [-0.1, -0.05) is 34.1 Å². The van der Waals surface area contributed by atoms with Crippen LogP contribution in [0.15, 0.2) is 64.5 Å². The van der Waals surface area contributed by atoms with Crippen LogP contribution in [-0.2, 0) is 11.4 Å². The van der Waals surface area contributed by atoms with Crippen molar-refractivity contribution in [3.63, 3.8) is 0 Å². The Bertz CT molecular complexity index is 945. The van der Waals surface area contributed by atoms with Crippen LogP contribution in [0.4, 0.5) is 9.18 Å². The number of ether oxygens (including phenoxy) is 1. The molecule has 0 N–H and O–H groups in total. The molecule has 0 bridgehead atoms. The fourth-order valence-corrected chi connectivity index (χ4v) is 3.70. The van der Waals surface area contributed by atoms with Crippen LogP contribution in [0.1, 0.15) is 11.1 Å². The third-order valence-electron chi connectivity index (χ3n) is 3.73. The maximum Gasteiger partial charge on any atom is 0.293 e. The van der Waals surface area contributed by atoms with Crippen LogP contribution in [0.3, 0.4) is 0 Å². The summed E-state index contributed by atoms with van der Waals surface area (Å²) in [5.74, 6) is -0.165. The van der Waals surface area contributed by atoms with Crippen LogP contribution in [-0.4, -0.2) is 22.6 Å². The molecule has 3 rings (SSSR count). The van der Waals surface area contributed by atoms with Crippen LogP contribution in [0, 0.1) is 5.82 Å². The summed E-state index contributed by atoms with van der Waals surface area (Å²) < 4.78 is 19.9. The fraction of sp³-hybridized carbons (Fsp3) is 0.100. The van der Waals surface area contributed by atoms with E-state index in [0.29, 0.717) is 21.8 Å². The van der Waals surface area contributed by atoms with Gasteiger partial charge in [0.2, 0.25) is 0 Å². The predicted molar refractivity (Wildman–Crippen MR) is 108 cm³/mol. The van der Waals surface area contributed by atoms with Gasteiger partial charge >= 0.3 is 0 Å². The maximum absolute atomic E-state index is 13.3. The van der Waals surface area contributed by atoms with Crippen LogP contribution >= 0.6 is 27.7 Å². The Kier molecular flexibility index (Phi) is 6.13. The van der Waals surface area contributed by atoms with Crippen molar-refractivity contribution >= 4 is 44.9 Å². The highest BCUT2D eigenvalue weighted by molar-refractivity contribution is 9.10. The van der Waals surface area contributed by atoms with Gasteiger partial charge in [0, 0.05) is 16.6 Å². The molecule has 0 aliphatic carbocycles. The van der Waals surface area contributed by atoms with Crippen molar-refractivity contribution in [2.45, 2.75) is 6.61 Å². The Hall–Kier alpha value is -2.38. The molecule has 0 aromatic heterocycles. The molecule has 2 aromatic carbocycles. The van der Waals surface area contributed by atoms with E-state index in [2.05, 4.69) is 22.5 Å². The molecule has 2 amide bonds. The van der Waals surface area contributed by atoms with Gasteiger partial charge < -0.3 is 4.74 Å². The van der Waals surface area contributed by atoms with Gasteiger partial charge in [0.15, 0.2) is 0 Å². The Balaban J connectivity index is 1.85. The molecule has 1 aliphatic heterocycles. The third-order valence-corrected chi connectivity index (χ3v) is 5.13. The first kappa shape index (κ1) is 19.4. The van der Waals surface area contributed by atoms with Crippen molar-refractivity contribution < 1.29 is 18.7 Å². The van der Waals surface area contributed by atoms with E-state index in [4.69, 9.17) is 4.74 Å². The van der Waals surface area contributed by atoms with Crippen LogP contribution in [0.2, 0.25) is 0 Å². The molecule has 1 heterocycles. The largest absolute Gasteiger partial charge is 0.488 e.